The summed E-state index contributed by atoms with van der Waals surface area (Å²) in [5.41, 5.74) is 2.44. The Bertz CT molecular complexity index is 1040. The Hall–Kier alpha value is -3.30. The summed E-state index contributed by atoms with van der Waals surface area (Å²) >= 11 is 5.87. The van der Waals surface area contributed by atoms with Crippen molar-refractivity contribution < 1.29 is 4.79 Å². The van der Waals surface area contributed by atoms with Gasteiger partial charge in [0, 0.05) is 22.2 Å². The highest BCUT2D eigenvalue weighted by atomic mass is 35.5. The molecule has 2 aromatic carbocycles. The molecule has 0 aliphatic carbocycles. The summed E-state index contributed by atoms with van der Waals surface area (Å²) in [6.07, 6.45) is 0. The Morgan fingerprint density at radius 2 is 1.82 bits per heavy atom. The third-order valence-electron chi connectivity index (χ3n) is 4.04. The van der Waals surface area contributed by atoms with Gasteiger partial charge in [-0.2, -0.15) is 10.4 Å². The van der Waals surface area contributed by atoms with Crippen LogP contribution in [0.2, 0.25) is 5.02 Å². The summed E-state index contributed by atoms with van der Waals surface area (Å²) in [5, 5.41) is 20.0. The molecule has 1 aromatic heterocycles. The van der Waals surface area contributed by atoms with E-state index in [-0.39, 0.29) is 5.41 Å². The van der Waals surface area contributed by atoms with Crippen LogP contribution in [0.4, 0.5) is 16.3 Å². The SMILES string of the molecule is CC(C)(C)c1cc(NC(=O)Nc2ccc(Cl)cc2)n(-c2cccc(C#N)c2)n1. The normalized spacial score (nSPS) is 11.0. The second kappa shape index (κ2) is 7.75. The number of carbonyl (C=O) groups is 1. The molecular weight excluding hydrogens is 374 g/mol. The van der Waals surface area contributed by atoms with Gasteiger partial charge in [-0.05, 0) is 42.5 Å². The quantitative estimate of drug-likeness (QED) is 0.630. The van der Waals surface area contributed by atoms with E-state index in [0.29, 0.717) is 27.8 Å². The summed E-state index contributed by atoms with van der Waals surface area (Å²) in [6.45, 7) is 6.13. The maximum Gasteiger partial charge on any atom is 0.324 e. The van der Waals surface area contributed by atoms with Crippen LogP contribution in [-0.2, 0) is 5.41 Å². The molecule has 0 saturated carbocycles. The standard InChI is InChI=1S/C21H20ClN5O/c1-21(2,3)18-12-19(25-20(28)24-16-9-7-15(22)8-10-16)27(26-18)17-6-4-5-14(11-17)13-23/h4-12H,1-3H3,(H2,24,25,28). The fraction of sp³-hybridized carbons (Fsp3) is 0.190. The number of hydrogen-bond acceptors (Lipinski definition) is 3. The molecule has 7 heteroatoms. The summed E-state index contributed by atoms with van der Waals surface area (Å²) < 4.78 is 1.63. The number of nitrogens with zero attached hydrogens (tertiary/aromatic N) is 3. The number of halogens is 1. The maximum absolute atomic E-state index is 12.5. The number of hydrogen-bond donors (Lipinski definition) is 2. The largest absolute Gasteiger partial charge is 0.324 e. The smallest absolute Gasteiger partial charge is 0.308 e. The predicted octanol–water partition coefficient (Wildman–Crippen LogP) is 5.34. The number of nitrogens with one attached hydrogen (secondary N) is 2. The Kier molecular flexibility index (Phi) is 5.39. The van der Waals surface area contributed by atoms with Crippen LogP contribution in [0.5, 0.6) is 0 Å². The van der Waals surface area contributed by atoms with Gasteiger partial charge in [0.2, 0.25) is 0 Å². The van der Waals surface area contributed by atoms with E-state index in [1.54, 1.807) is 47.1 Å². The van der Waals surface area contributed by atoms with Crippen LogP contribution in [0, 0.1) is 11.3 Å². The molecule has 3 rings (SSSR count). The van der Waals surface area contributed by atoms with Crippen molar-refractivity contribution in [2.24, 2.45) is 0 Å². The second-order valence-electron chi connectivity index (χ2n) is 7.32. The Labute approximate surface area is 168 Å². The molecular formula is C21H20ClN5O. The highest BCUT2D eigenvalue weighted by Crippen LogP contribution is 2.26. The topological polar surface area (TPSA) is 82.7 Å². The van der Waals surface area contributed by atoms with Crippen LogP contribution in [0.25, 0.3) is 5.69 Å². The molecule has 0 bridgehead atoms. The molecule has 0 unspecified atom stereocenters. The lowest BCUT2D eigenvalue weighted by Gasteiger charge is -2.14. The highest BCUT2D eigenvalue weighted by molar-refractivity contribution is 6.30. The van der Waals surface area contributed by atoms with Crippen molar-refractivity contribution in [3.63, 3.8) is 0 Å². The van der Waals surface area contributed by atoms with E-state index in [2.05, 4.69) is 21.8 Å². The van der Waals surface area contributed by atoms with Crippen LogP contribution in [0.1, 0.15) is 32.0 Å². The van der Waals surface area contributed by atoms with Gasteiger partial charge in [-0.3, -0.25) is 5.32 Å². The average molecular weight is 394 g/mol. The van der Waals surface area contributed by atoms with Crippen molar-refractivity contribution in [2.45, 2.75) is 26.2 Å². The Morgan fingerprint density at radius 3 is 2.46 bits per heavy atom. The molecule has 0 fully saturated rings. The van der Waals surface area contributed by atoms with Crippen molar-refractivity contribution >= 4 is 29.1 Å². The van der Waals surface area contributed by atoms with Gasteiger partial charge in [0.15, 0.2) is 0 Å². The number of aromatic nitrogens is 2. The fourth-order valence-electron chi connectivity index (χ4n) is 2.55. The molecule has 3 aromatic rings. The average Bonchev–Trinajstić information content (AvgIpc) is 3.08. The van der Waals surface area contributed by atoms with Crippen molar-refractivity contribution in [3.8, 4) is 11.8 Å². The fourth-order valence-corrected chi connectivity index (χ4v) is 2.68. The van der Waals surface area contributed by atoms with Gasteiger partial charge >= 0.3 is 6.03 Å². The highest BCUT2D eigenvalue weighted by Gasteiger charge is 2.21. The lowest BCUT2D eigenvalue weighted by Crippen LogP contribution is -2.21. The zero-order valence-corrected chi connectivity index (χ0v) is 16.6. The minimum Gasteiger partial charge on any atom is -0.308 e. The zero-order chi connectivity index (χ0) is 20.3. The first-order valence-electron chi connectivity index (χ1n) is 8.71. The molecule has 0 atom stereocenters. The first-order chi connectivity index (χ1) is 13.3. The minimum atomic E-state index is -0.402. The molecule has 0 aliphatic heterocycles. The number of amides is 2. The maximum atomic E-state index is 12.5. The molecule has 1 heterocycles. The predicted molar refractivity (Wildman–Crippen MR) is 111 cm³/mol. The number of carbonyl (C=O) groups excluding carboxylic acids is 1. The van der Waals surface area contributed by atoms with Crippen LogP contribution in [-0.4, -0.2) is 15.8 Å². The number of rotatable bonds is 3. The van der Waals surface area contributed by atoms with Crippen LogP contribution < -0.4 is 10.6 Å². The number of anilines is 2. The van der Waals surface area contributed by atoms with E-state index >= 15 is 0 Å². The number of benzene rings is 2. The van der Waals surface area contributed by atoms with Crippen molar-refractivity contribution in [2.75, 3.05) is 10.6 Å². The molecule has 2 N–H and O–H groups in total. The van der Waals surface area contributed by atoms with Gasteiger partial charge < -0.3 is 5.32 Å². The van der Waals surface area contributed by atoms with Gasteiger partial charge in [0.25, 0.3) is 0 Å². The monoisotopic (exact) mass is 393 g/mol. The van der Waals surface area contributed by atoms with Crippen LogP contribution in [0.15, 0.2) is 54.6 Å². The van der Waals surface area contributed by atoms with Crippen molar-refractivity contribution in [3.05, 3.63) is 70.9 Å². The first kappa shape index (κ1) is 19.5. The van der Waals surface area contributed by atoms with E-state index in [0.717, 1.165) is 5.69 Å². The summed E-state index contributed by atoms with van der Waals surface area (Å²) in [6, 6.07) is 17.5. The molecule has 0 spiro atoms. The second-order valence-corrected chi connectivity index (χ2v) is 7.76. The number of nitriles is 1. The zero-order valence-electron chi connectivity index (χ0n) is 15.8. The molecule has 0 saturated heterocycles. The summed E-state index contributed by atoms with van der Waals surface area (Å²) in [4.78, 5) is 12.5. The first-order valence-corrected chi connectivity index (χ1v) is 9.09. The molecule has 0 aliphatic rings. The van der Waals surface area contributed by atoms with Crippen LogP contribution in [0.3, 0.4) is 0 Å². The van der Waals surface area contributed by atoms with E-state index in [1.165, 1.54) is 0 Å². The van der Waals surface area contributed by atoms with Gasteiger partial charge in [-0.1, -0.05) is 38.4 Å². The molecule has 28 heavy (non-hydrogen) atoms. The van der Waals surface area contributed by atoms with Gasteiger partial charge in [0.1, 0.15) is 5.82 Å². The van der Waals surface area contributed by atoms with Gasteiger partial charge in [0.05, 0.1) is 23.0 Å². The Balaban J connectivity index is 1.92. The van der Waals surface area contributed by atoms with Gasteiger partial charge in [-0.15, -0.1) is 0 Å². The molecule has 6 nitrogen and oxygen atoms in total. The lowest BCUT2D eigenvalue weighted by atomic mass is 9.92. The van der Waals surface area contributed by atoms with Crippen molar-refractivity contribution in [1.82, 2.24) is 9.78 Å². The Morgan fingerprint density at radius 1 is 1.11 bits per heavy atom. The van der Waals surface area contributed by atoms with Gasteiger partial charge in [-0.25, -0.2) is 9.48 Å². The molecule has 2 amide bonds. The van der Waals surface area contributed by atoms with E-state index in [4.69, 9.17) is 11.6 Å². The van der Waals surface area contributed by atoms with E-state index < -0.39 is 6.03 Å². The van der Waals surface area contributed by atoms with E-state index in [1.807, 2.05) is 32.9 Å². The summed E-state index contributed by atoms with van der Waals surface area (Å²) in [5.74, 6) is 0.506. The molecule has 142 valence electrons. The minimum absolute atomic E-state index is 0.207. The lowest BCUT2D eigenvalue weighted by molar-refractivity contribution is 0.262. The molecule has 0 radical (unpaired) electrons. The van der Waals surface area contributed by atoms with Crippen molar-refractivity contribution in [1.29, 1.82) is 5.26 Å². The van der Waals surface area contributed by atoms with Crippen LogP contribution >= 0.6 is 11.6 Å². The third kappa shape index (κ3) is 4.51. The van der Waals surface area contributed by atoms with E-state index in [9.17, 15) is 10.1 Å². The number of urea groups is 1. The third-order valence-corrected chi connectivity index (χ3v) is 4.29. The summed E-state index contributed by atoms with van der Waals surface area (Å²) in [7, 11) is 0.